The number of aryl methyl sites for hydroxylation is 1. The van der Waals surface area contributed by atoms with E-state index in [9.17, 15) is 9.90 Å². The number of phenols is 1. The van der Waals surface area contributed by atoms with Crippen LogP contribution in [0.2, 0.25) is 0 Å². The molecule has 0 saturated heterocycles. The Morgan fingerprint density at radius 1 is 1.20 bits per heavy atom. The van der Waals surface area contributed by atoms with Gasteiger partial charge in [0.25, 0.3) is 0 Å². The smallest absolute Gasteiger partial charge is 0.416 e. The van der Waals surface area contributed by atoms with Gasteiger partial charge in [-0.05, 0) is 107 Å². The second kappa shape index (κ2) is 15.7. The van der Waals surface area contributed by atoms with Gasteiger partial charge in [-0.2, -0.15) is 0 Å². The van der Waals surface area contributed by atoms with Gasteiger partial charge in [-0.15, -0.1) is 0 Å². The summed E-state index contributed by atoms with van der Waals surface area (Å²) in [5.74, 6) is 1.40. The Hall–Kier alpha value is -3.97. The Balaban J connectivity index is 1.46. The number of hydrogen-bond acceptors (Lipinski definition) is 5. The summed E-state index contributed by atoms with van der Waals surface area (Å²) in [6, 6.07) is 9.72. The van der Waals surface area contributed by atoms with Crippen LogP contribution in [0.3, 0.4) is 0 Å². The number of H-pyrrole nitrogens is 1. The Kier molecular flexibility index (Phi) is 11.7. The minimum atomic E-state index is -0.616. The minimum Gasteiger partial charge on any atom is -0.507 e. The monoisotopic (exact) mass is 599 g/mol. The van der Waals surface area contributed by atoms with E-state index in [2.05, 4.69) is 55.8 Å². The number of amides is 1. The van der Waals surface area contributed by atoms with Gasteiger partial charge in [-0.25, -0.2) is 4.79 Å². The topological polar surface area (TPSA) is 86.8 Å². The Labute approximate surface area is 262 Å². The molecule has 236 valence electrons. The highest BCUT2D eigenvalue weighted by atomic mass is 16.6. The van der Waals surface area contributed by atoms with E-state index < -0.39 is 6.09 Å². The van der Waals surface area contributed by atoms with E-state index in [0.29, 0.717) is 11.3 Å². The number of aromatic amines is 1. The average molecular weight is 600 g/mol. The van der Waals surface area contributed by atoms with Crippen molar-refractivity contribution in [3.8, 4) is 17.2 Å². The predicted molar refractivity (Wildman–Crippen MR) is 180 cm³/mol. The highest BCUT2D eigenvalue weighted by Crippen LogP contribution is 2.47. The minimum absolute atomic E-state index is 0.114. The van der Waals surface area contributed by atoms with Crippen LogP contribution in [0.15, 0.2) is 72.6 Å². The van der Waals surface area contributed by atoms with Gasteiger partial charge >= 0.3 is 6.09 Å². The van der Waals surface area contributed by atoms with Crippen LogP contribution >= 0.6 is 0 Å². The lowest BCUT2D eigenvalue weighted by atomic mass is 9.73. The number of hydrogen-bond donors (Lipinski definition) is 3. The molecular formula is C37H49N3O4. The maximum absolute atomic E-state index is 13.0. The molecule has 2 aromatic carbocycles. The summed E-state index contributed by atoms with van der Waals surface area (Å²) < 4.78 is 12.0. The number of benzene rings is 2. The third-order valence-electron chi connectivity index (χ3n) is 8.40. The number of phenolic OH excluding ortho intramolecular Hbond substituents is 1. The number of unbranched alkanes of at least 4 members (excludes halogenated alkanes) is 2. The number of aromatic hydroxyl groups is 1. The third kappa shape index (κ3) is 8.56. The van der Waals surface area contributed by atoms with Crippen molar-refractivity contribution >= 4 is 17.0 Å². The number of carbonyl (C=O) groups excluding carboxylic acids is 1. The van der Waals surface area contributed by atoms with Crippen molar-refractivity contribution < 1.29 is 19.4 Å². The van der Waals surface area contributed by atoms with Gasteiger partial charge in [0.15, 0.2) is 0 Å². The van der Waals surface area contributed by atoms with Crippen LogP contribution in [-0.2, 0) is 12.8 Å². The van der Waals surface area contributed by atoms with Crippen molar-refractivity contribution in [3.05, 3.63) is 89.3 Å². The van der Waals surface area contributed by atoms with Crippen LogP contribution in [-0.4, -0.2) is 48.3 Å². The van der Waals surface area contributed by atoms with Crippen molar-refractivity contribution in [1.29, 1.82) is 0 Å². The lowest BCUT2D eigenvalue weighted by Gasteiger charge is -2.32. The zero-order valence-corrected chi connectivity index (χ0v) is 27.0. The molecule has 44 heavy (non-hydrogen) atoms. The number of fused-ring (bicyclic) bond motifs is 1. The fraction of sp³-hybridized carbons (Fsp3) is 0.432. The van der Waals surface area contributed by atoms with Crippen LogP contribution in [0.25, 0.3) is 10.9 Å². The van der Waals surface area contributed by atoms with Crippen molar-refractivity contribution in [2.45, 2.75) is 71.6 Å². The zero-order chi connectivity index (χ0) is 31.6. The van der Waals surface area contributed by atoms with E-state index in [1.165, 1.54) is 11.1 Å². The molecule has 7 nitrogen and oxygen atoms in total. The van der Waals surface area contributed by atoms with Crippen LogP contribution in [0, 0.1) is 5.92 Å². The summed E-state index contributed by atoms with van der Waals surface area (Å²) in [5.41, 5.74) is 6.17. The van der Waals surface area contributed by atoms with Gasteiger partial charge in [0.1, 0.15) is 23.9 Å². The second-order valence-corrected chi connectivity index (χ2v) is 12.3. The molecule has 2 atom stereocenters. The maximum atomic E-state index is 13.0. The van der Waals surface area contributed by atoms with Gasteiger partial charge < -0.3 is 24.5 Å². The van der Waals surface area contributed by atoms with Crippen LogP contribution in [0.4, 0.5) is 4.79 Å². The molecule has 1 heterocycles. The lowest BCUT2D eigenvalue weighted by Crippen LogP contribution is -2.24. The first-order valence-electron chi connectivity index (χ1n) is 15.9. The Morgan fingerprint density at radius 2 is 2.02 bits per heavy atom. The molecule has 1 aliphatic rings. The fourth-order valence-corrected chi connectivity index (χ4v) is 6.04. The summed E-state index contributed by atoms with van der Waals surface area (Å²) in [6.45, 7) is 11.8. The molecule has 0 spiro atoms. The summed E-state index contributed by atoms with van der Waals surface area (Å²) in [5, 5.41) is 15.1. The quantitative estimate of drug-likeness (QED) is 0.128. The molecule has 0 bridgehead atoms. The number of rotatable bonds is 14. The van der Waals surface area contributed by atoms with E-state index in [1.54, 1.807) is 12.3 Å². The summed E-state index contributed by atoms with van der Waals surface area (Å²) in [4.78, 5) is 18.5. The second-order valence-electron chi connectivity index (χ2n) is 12.3. The van der Waals surface area contributed by atoms with E-state index in [-0.39, 0.29) is 24.2 Å². The predicted octanol–water partition coefficient (Wildman–Crippen LogP) is 8.41. The van der Waals surface area contributed by atoms with Crippen LogP contribution in [0.1, 0.15) is 75.5 Å². The van der Waals surface area contributed by atoms with E-state index in [4.69, 9.17) is 9.47 Å². The van der Waals surface area contributed by atoms with E-state index >= 15 is 0 Å². The first-order valence-corrected chi connectivity index (χ1v) is 15.9. The summed E-state index contributed by atoms with van der Waals surface area (Å²) >= 11 is 0. The van der Waals surface area contributed by atoms with Crippen molar-refractivity contribution in [1.82, 2.24) is 15.2 Å². The first kappa shape index (κ1) is 32.9. The van der Waals surface area contributed by atoms with Crippen molar-refractivity contribution in [3.63, 3.8) is 0 Å². The molecule has 0 fully saturated rings. The number of carbonyl (C=O) groups is 1. The highest BCUT2D eigenvalue weighted by molar-refractivity contribution is 5.89. The molecule has 1 aromatic heterocycles. The van der Waals surface area contributed by atoms with Crippen LogP contribution < -0.4 is 14.8 Å². The normalized spacial score (nSPS) is 16.8. The molecule has 0 aliphatic heterocycles. The molecular weight excluding hydrogens is 550 g/mol. The van der Waals surface area contributed by atoms with Gasteiger partial charge in [0.2, 0.25) is 0 Å². The zero-order valence-electron chi connectivity index (χ0n) is 27.0. The maximum Gasteiger partial charge on any atom is 0.416 e. The fourth-order valence-electron chi connectivity index (χ4n) is 6.04. The molecule has 3 aromatic rings. The molecule has 0 unspecified atom stereocenters. The molecule has 1 amide bonds. The van der Waals surface area contributed by atoms with E-state index in [1.807, 2.05) is 43.5 Å². The molecule has 0 saturated carbocycles. The largest absolute Gasteiger partial charge is 0.507 e. The van der Waals surface area contributed by atoms with Crippen LogP contribution in [0.5, 0.6) is 17.2 Å². The molecule has 7 heteroatoms. The van der Waals surface area contributed by atoms with Crippen molar-refractivity contribution in [2.75, 3.05) is 27.2 Å². The molecule has 0 radical (unpaired) electrons. The van der Waals surface area contributed by atoms with Gasteiger partial charge in [-0.1, -0.05) is 49.6 Å². The van der Waals surface area contributed by atoms with Gasteiger partial charge in [0, 0.05) is 41.3 Å². The summed E-state index contributed by atoms with van der Waals surface area (Å²) in [6.07, 6.45) is 13.8. The number of nitrogens with one attached hydrogen (secondary N) is 2. The van der Waals surface area contributed by atoms with Gasteiger partial charge in [0.05, 0.1) is 0 Å². The lowest BCUT2D eigenvalue weighted by molar-refractivity contribution is 0.203. The molecule has 1 aliphatic carbocycles. The number of likely N-dealkylation sites (N-methyl/N-ethyl adjacent to an activating group) is 1. The van der Waals surface area contributed by atoms with Crippen molar-refractivity contribution in [2.24, 2.45) is 5.92 Å². The number of allylic oxidation sites excluding steroid dienone is 3. The first-order chi connectivity index (χ1) is 21.2. The van der Waals surface area contributed by atoms with Gasteiger partial charge in [-0.3, -0.25) is 5.32 Å². The standard InChI is InChI=1S/C37H49N3O4/c1-7-8-9-12-27-22-32(41)36(30-21-26(4)15-16-29(30)25(2)3)34(23-27)44-37(42)38-18-11-20-43-33-14-10-13-31-35(33)28(24-39-31)17-19-40(5)6/h10-11,13-14,18,21-24,29-30,39,41H,2,7-9,12,15-17,19-20H2,1,3-6H3,(H,38,42)/b18-11+/t29-,30+/m0/s1. The average Bonchev–Trinajstić information content (AvgIpc) is 3.39. The van der Waals surface area contributed by atoms with E-state index in [0.717, 1.165) is 79.3 Å². The molecule has 4 rings (SSSR count). The number of aromatic nitrogens is 1. The SMILES string of the molecule is C=C(C)[C@@H]1CCC(C)=C[C@H]1c1c(O)cc(CCCCC)cc1OC(=O)N/C=C/COc1cccc2[nH]cc(CCN(C)C)c12. The highest BCUT2D eigenvalue weighted by Gasteiger charge is 2.31. The number of nitrogens with zero attached hydrogens (tertiary/aromatic N) is 1. The molecule has 3 N–H and O–H groups in total. The summed E-state index contributed by atoms with van der Waals surface area (Å²) in [7, 11) is 4.13. The Morgan fingerprint density at radius 3 is 2.77 bits per heavy atom. The number of ether oxygens (including phenoxy) is 2. The third-order valence-corrected chi connectivity index (χ3v) is 8.40. The Bertz CT molecular complexity index is 1500.